The first-order valence-electron chi connectivity index (χ1n) is 7.83. The molecule has 0 saturated carbocycles. The van der Waals surface area contributed by atoms with Crippen LogP contribution < -0.4 is 9.47 Å². The molecule has 128 valence electrons. The highest BCUT2D eigenvalue weighted by molar-refractivity contribution is 6.25. The van der Waals surface area contributed by atoms with E-state index in [9.17, 15) is 9.59 Å². The highest BCUT2D eigenvalue weighted by Gasteiger charge is 2.30. The second kappa shape index (κ2) is 7.77. The lowest BCUT2D eigenvalue weighted by atomic mass is 9.89. The Morgan fingerprint density at radius 2 is 1.71 bits per heavy atom. The van der Waals surface area contributed by atoms with Gasteiger partial charge in [0.15, 0.2) is 11.6 Å². The van der Waals surface area contributed by atoms with E-state index < -0.39 is 0 Å². The second-order valence-corrected chi connectivity index (χ2v) is 5.20. The number of benzene rings is 1. The number of fused-ring (bicyclic) bond motifs is 1. The zero-order valence-electron chi connectivity index (χ0n) is 14.3. The van der Waals surface area contributed by atoms with Gasteiger partial charge in [0.2, 0.25) is 0 Å². The smallest absolute Gasteiger partial charge is 0.190 e. The summed E-state index contributed by atoms with van der Waals surface area (Å²) in [4.78, 5) is 29.8. The van der Waals surface area contributed by atoms with Crippen LogP contribution in [0.15, 0.2) is 23.4 Å². The average Bonchev–Trinajstić information content (AvgIpc) is 2.60. The monoisotopic (exact) mass is 331 g/mol. The van der Waals surface area contributed by atoms with E-state index in [1.807, 2.05) is 13.8 Å². The molecule has 0 N–H and O–H groups in total. The number of carbonyl (C=O) groups excluding carboxylic acids is 2. The van der Waals surface area contributed by atoms with Crippen molar-refractivity contribution in [3.63, 3.8) is 0 Å². The van der Waals surface area contributed by atoms with Gasteiger partial charge in [0, 0.05) is 5.56 Å². The summed E-state index contributed by atoms with van der Waals surface area (Å²) in [5, 5.41) is 4.15. The van der Waals surface area contributed by atoms with Crippen LogP contribution in [-0.2, 0) is 4.84 Å². The van der Waals surface area contributed by atoms with Gasteiger partial charge in [-0.15, -0.1) is 0 Å². The third kappa shape index (κ3) is 3.18. The number of carbonyl (C=O) groups is 2. The minimum atomic E-state index is -0.300. The number of hydrogen-bond donors (Lipinski definition) is 0. The maximum absolute atomic E-state index is 12.4. The highest BCUT2D eigenvalue weighted by atomic mass is 16.6. The molecule has 1 aromatic rings. The molecule has 1 aromatic carbocycles. The Morgan fingerprint density at radius 1 is 1.04 bits per heavy atom. The molecule has 0 saturated heterocycles. The summed E-state index contributed by atoms with van der Waals surface area (Å²) in [5.41, 5.74) is 1.63. The molecule has 2 rings (SSSR count). The number of methoxy groups -OCH3 is 2. The van der Waals surface area contributed by atoms with Crippen LogP contribution in [0.25, 0.3) is 0 Å². The van der Waals surface area contributed by atoms with Crippen molar-refractivity contribution in [3.05, 3.63) is 34.9 Å². The predicted molar refractivity (Wildman–Crippen MR) is 90.4 cm³/mol. The zero-order valence-corrected chi connectivity index (χ0v) is 14.3. The molecule has 0 amide bonds. The van der Waals surface area contributed by atoms with Crippen molar-refractivity contribution >= 4 is 17.3 Å². The van der Waals surface area contributed by atoms with Crippen molar-refractivity contribution in [2.75, 3.05) is 20.8 Å². The normalized spacial score (nSPS) is 13.8. The molecule has 0 bridgehead atoms. The summed E-state index contributed by atoms with van der Waals surface area (Å²) in [6, 6.07) is 1.67. The van der Waals surface area contributed by atoms with Crippen LogP contribution in [0, 0.1) is 0 Å². The van der Waals surface area contributed by atoms with Gasteiger partial charge in [-0.1, -0.05) is 19.0 Å². The van der Waals surface area contributed by atoms with Gasteiger partial charge in [0.05, 0.1) is 31.1 Å². The van der Waals surface area contributed by atoms with Crippen molar-refractivity contribution in [2.45, 2.75) is 26.7 Å². The topological polar surface area (TPSA) is 74.2 Å². The molecule has 24 heavy (non-hydrogen) atoms. The van der Waals surface area contributed by atoms with Crippen molar-refractivity contribution < 1.29 is 23.9 Å². The lowest BCUT2D eigenvalue weighted by molar-refractivity contribution is 0.0989. The SMILES string of the molecule is CCCON=C(CC)c1cc(OC)c2c(c1OC)C(=O)C=CC2=O. The van der Waals surface area contributed by atoms with E-state index in [4.69, 9.17) is 14.3 Å². The van der Waals surface area contributed by atoms with Gasteiger partial charge in [-0.25, -0.2) is 0 Å². The van der Waals surface area contributed by atoms with E-state index in [2.05, 4.69) is 5.16 Å². The minimum Gasteiger partial charge on any atom is -0.496 e. The molecule has 1 aliphatic rings. The Balaban J connectivity index is 2.70. The molecule has 0 atom stereocenters. The van der Waals surface area contributed by atoms with Crippen LogP contribution in [0.5, 0.6) is 11.5 Å². The molecule has 0 heterocycles. The van der Waals surface area contributed by atoms with E-state index in [1.54, 1.807) is 6.07 Å². The second-order valence-electron chi connectivity index (χ2n) is 5.20. The fourth-order valence-electron chi connectivity index (χ4n) is 2.54. The van der Waals surface area contributed by atoms with Gasteiger partial charge >= 0.3 is 0 Å². The Hall–Kier alpha value is -2.63. The third-order valence-corrected chi connectivity index (χ3v) is 3.66. The molecule has 0 fully saturated rings. The molecular formula is C18H21NO5. The molecule has 1 aliphatic carbocycles. The number of ether oxygens (including phenoxy) is 2. The molecule has 6 heteroatoms. The van der Waals surface area contributed by atoms with Crippen LogP contribution in [0.1, 0.15) is 53.0 Å². The average molecular weight is 331 g/mol. The number of ketones is 2. The Morgan fingerprint density at radius 3 is 2.25 bits per heavy atom. The van der Waals surface area contributed by atoms with Crippen molar-refractivity contribution in [3.8, 4) is 11.5 Å². The summed E-state index contributed by atoms with van der Waals surface area (Å²) in [6.45, 7) is 4.40. The summed E-state index contributed by atoms with van der Waals surface area (Å²) < 4.78 is 10.8. The Labute approximate surface area is 141 Å². The highest BCUT2D eigenvalue weighted by Crippen LogP contribution is 2.38. The largest absolute Gasteiger partial charge is 0.496 e. The molecule has 0 spiro atoms. The first-order valence-corrected chi connectivity index (χ1v) is 7.83. The summed E-state index contributed by atoms with van der Waals surface area (Å²) in [6.07, 6.45) is 3.89. The molecule has 0 aliphatic heterocycles. The van der Waals surface area contributed by atoms with Crippen LogP contribution in [-0.4, -0.2) is 38.1 Å². The zero-order chi connectivity index (χ0) is 17.7. The number of hydrogen-bond acceptors (Lipinski definition) is 6. The molecule has 0 radical (unpaired) electrons. The molecule has 6 nitrogen and oxygen atoms in total. The summed E-state index contributed by atoms with van der Waals surface area (Å²) >= 11 is 0. The molecule has 0 aromatic heterocycles. The van der Waals surface area contributed by atoms with Gasteiger partial charge in [0.1, 0.15) is 18.1 Å². The predicted octanol–water partition coefficient (Wildman–Crippen LogP) is 3.18. The van der Waals surface area contributed by atoms with Crippen molar-refractivity contribution in [1.82, 2.24) is 0 Å². The van der Waals surface area contributed by atoms with E-state index >= 15 is 0 Å². The Kier molecular flexibility index (Phi) is 5.73. The maximum Gasteiger partial charge on any atom is 0.190 e. The first-order chi connectivity index (χ1) is 11.6. The fraction of sp³-hybridized carbons (Fsp3) is 0.389. The summed E-state index contributed by atoms with van der Waals surface area (Å²) in [5.74, 6) is 0.0457. The minimum absolute atomic E-state index is 0.205. The van der Waals surface area contributed by atoms with Gasteiger partial charge in [-0.2, -0.15) is 0 Å². The van der Waals surface area contributed by atoms with E-state index in [1.165, 1.54) is 26.4 Å². The van der Waals surface area contributed by atoms with E-state index in [0.29, 0.717) is 35.8 Å². The molecule has 0 unspecified atom stereocenters. The van der Waals surface area contributed by atoms with Crippen molar-refractivity contribution in [2.24, 2.45) is 5.16 Å². The first kappa shape index (κ1) is 17.7. The van der Waals surface area contributed by atoms with Gasteiger partial charge in [-0.3, -0.25) is 9.59 Å². The van der Waals surface area contributed by atoms with Crippen LogP contribution in [0.2, 0.25) is 0 Å². The van der Waals surface area contributed by atoms with Gasteiger partial charge < -0.3 is 14.3 Å². The number of allylic oxidation sites excluding steroid dienone is 2. The standard InChI is InChI=1S/C18H21NO5/c1-5-9-24-19-12(6-2)11-10-15(22-3)16-13(20)7-8-14(21)17(16)18(11)23-4/h7-8,10H,5-6,9H2,1-4H3. The third-order valence-electron chi connectivity index (χ3n) is 3.66. The quantitative estimate of drug-likeness (QED) is 0.436. The van der Waals surface area contributed by atoms with Crippen molar-refractivity contribution in [1.29, 1.82) is 0 Å². The lowest BCUT2D eigenvalue weighted by Gasteiger charge is -2.20. The maximum atomic E-state index is 12.4. The lowest BCUT2D eigenvalue weighted by Crippen LogP contribution is -2.17. The van der Waals surface area contributed by atoms with E-state index in [-0.39, 0.29) is 22.7 Å². The number of rotatable bonds is 7. The fourth-order valence-corrected chi connectivity index (χ4v) is 2.54. The van der Waals surface area contributed by atoms with Gasteiger partial charge in [-0.05, 0) is 31.1 Å². The summed E-state index contributed by atoms with van der Waals surface area (Å²) in [7, 11) is 2.92. The number of nitrogens with zero attached hydrogens (tertiary/aromatic N) is 1. The van der Waals surface area contributed by atoms with Crippen LogP contribution >= 0.6 is 0 Å². The van der Waals surface area contributed by atoms with Crippen LogP contribution in [0.4, 0.5) is 0 Å². The molecular weight excluding hydrogens is 310 g/mol. The van der Waals surface area contributed by atoms with Gasteiger partial charge in [0.25, 0.3) is 0 Å². The Bertz CT molecular complexity index is 719. The van der Waals surface area contributed by atoms with E-state index in [0.717, 1.165) is 6.42 Å². The van der Waals surface area contributed by atoms with Crippen LogP contribution in [0.3, 0.4) is 0 Å². The number of oxime groups is 1.